The standard InChI is InChI=1S/C23H23IN4O2/c1-2-30-20-9-5-17(6-10-20)21-15-22(26-16-25-21)27-11-13-28(14-12-27)23(29)18-3-7-19(24)8-4-18/h3-10,15-16H,2,11-14H2,1H3. The van der Waals surface area contributed by atoms with Crippen LogP contribution in [0.15, 0.2) is 60.9 Å². The highest BCUT2D eigenvalue weighted by Crippen LogP contribution is 2.24. The first-order valence-electron chi connectivity index (χ1n) is 9.99. The van der Waals surface area contributed by atoms with Crippen LogP contribution < -0.4 is 9.64 Å². The van der Waals surface area contributed by atoms with E-state index in [9.17, 15) is 4.79 Å². The van der Waals surface area contributed by atoms with Crippen LogP contribution in [0.2, 0.25) is 0 Å². The molecule has 1 aromatic heterocycles. The maximum Gasteiger partial charge on any atom is 0.253 e. The van der Waals surface area contributed by atoms with Crippen LogP contribution in [0.3, 0.4) is 0 Å². The Kier molecular flexibility index (Phi) is 6.47. The molecule has 1 saturated heterocycles. The number of piperazine rings is 1. The number of nitrogens with zero attached hydrogens (tertiary/aromatic N) is 4. The van der Waals surface area contributed by atoms with Crippen molar-refractivity contribution in [2.24, 2.45) is 0 Å². The van der Waals surface area contributed by atoms with Crippen LogP contribution >= 0.6 is 22.6 Å². The van der Waals surface area contributed by atoms with E-state index in [1.165, 1.54) is 0 Å². The molecule has 0 bridgehead atoms. The van der Waals surface area contributed by atoms with E-state index < -0.39 is 0 Å². The fraction of sp³-hybridized carbons (Fsp3) is 0.261. The topological polar surface area (TPSA) is 58.6 Å². The van der Waals surface area contributed by atoms with Gasteiger partial charge in [0.05, 0.1) is 12.3 Å². The highest BCUT2D eigenvalue weighted by Gasteiger charge is 2.23. The van der Waals surface area contributed by atoms with Crippen LogP contribution in [0, 0.1) is 3.57 Å². The van der Waals surface area contributed by atoms with Crippen LogP contribution in [0.5, 0.6) is 5.75 Å². The number of hydrogen-bond donors (Lipinski definition) is 0. The average molecular weight is 514 g/mol. The number of amides is 1. The summed E-state index contributed by atoms with van der Waals surface area (Å²) in [5, 5.41) is 0. The van der Waals surface area contributed by atoms with E-state index in [2.05, 4.69) is 37.5 Å². The lowest BCUT2D eigenvalue weighted by Crippen LogP contribution is -2.49. The molecule has 1 amide bonds. The van der Waals surface area contributed by atoms with Crippen molar-refractivity contribution in [3.05, 3.63) is 70.1 Å². The Bertz CT molecular complexity index is 1000. The number of carbonyl (C=O) groups is 1. The van der Waals surface area contributed by atoms with Crippen molar-refractivity contribution in [2.45, 2.75) is 6.92 Å². The van der Waals surface area contributed by atoms with Crippen LogP contribution in [0.4, 0.5) is 5.82 Å². The van der Waals surface area contributed by atoms with Gasteiger partial charge < -0.3 is 14.5 Å². The minimum atomic E-state index is 0.0869. The number of aromatic nitrogens is 2. The Morgan fingerprint density at radius 2 is 1.70 bits per heavy atom. The predicted molar refractivity (Wildman–Crippen MR) is 126 cm³/mol. The van der Waals surface area contributed by atoms with Crippen LogP contribution in [-0.2, 0) is 0 Å². The summed E-state index contributed by atoms with van der Waals surface area (Å²) in [6, 6.07) is 17.6. The van der Waals surface area contributed by atoms with Crippen molar-refractivity contribution in [2.75, 3.05) is 37.7 Å². The summed E-state index contributed by atoms with van der Waals surface area (Å²) in [4.78, 5) is 25.7. The molecule has 6 nitrogen and oxygen atoms in total. The lowest BCUT2D eigenvalue weighted by atomic mass is 10.1. The van der Waals surface area contributed by atoms with E-state index in [0.717, 1.165) is 45.0 Å². The van der Waals surface area contributed by atoms with Crippen LogP contribution in [-0.4, -0.2) is 53.6 Å². The normalized spacial score (nSPS) is 13.9. The SMILES string of the molecule is CCOc1ccc(-c2cc(N3CCN(C(=O)c4ccc(I)cc4)CC3)ncn2)cc1. The number of ether oxygens (including phenoxy) is 1. The van der Waals surface area contributed by atoms with Gasteiger partial charge in [-0.15, -0.1) is 0 Å². The van der Waals surface area contributed by atoms with Crippen molar-refractivity contribution in [3.8, 4) is 17.0 Å². The van der Waals surface area contributed by atoms with Gasteiger partial charge in [0.1, 0.15) is 17.9 Å². The molecule has 4 rings (SSSR count). The zero-order chi connectivity index (χ0) is 20.9. The Morgan fingerprint density at radius 3 is 2.37 bits per heavy atom. The molecule has 0 unspecified atom stereocenters. The minimum absolute atomic E-state index is 0.0869. The summed E-state index contributed by atoms with van der Waals surface area (Å²) >= 11 is 2.25. The Hall–Kier alpha value is -2.68. The van der Waals surface area contributed by atoms with E-state index >= 15 is 0 Å². The highest BCUT2D eigenvalue weighted by molar-refractivity contribution is 14.1. The number of rotatable bonds is 5. The second-order valence-electron chi connectivity index (χ2n) is 7.00. The van der Waals surface area contributed by atoms with Gasteiger partial charge >= 0.3 is 0 Å². The van der Waals surface area contributed by atoms with Crippen molar-refractivity contribution in [1.29, 1.82) is 0 Å². The lowest BCUT2D eigenvalue weighted by molar-refractivity contribution is 0.0746. The molecule has 3 aromatic rings. The largest absolute Gasteiger partial charge is 0.494 e. The van der Waals surface area contributed by atoms with Crippen molar-refractivity contribution in [1.82, 2.24) is 14.9 Å². The molecule has 0 atom stereocenters. The summed E-state index contributed by atoms with van der Waals surface area (Å²) in [6.07, 6.45) is 1.60. The zero-order valence-electron chi connectivity index (χ0n) is 16.8. The molecule has 0 aliphatic carbocycles. The van der Waals surface area contributed by atoms with Gasteiger partial charge in [-0.05, 0) is 78.0 Å². The monoisotopic (exact) mass is 514 g/mol. The first-order valence-corrected chi connectivity index (χ1v) is 11.1. The summed E-state index contributed by atoms with van der Waals surface area (Å²) in [5.41, 5.74) is 2.64. The van der Waals surface area contributed by atoms with Crippen molar-refractivity contribution in [3.63, 3.8) is 0 Å². The second kappa shape index (κ2) is 9.42. The van der Waals surface area contributed by atoms with E-state index in [1.807, 2.05) is 66.4 Å². The van der Waals surface area contributed by atoms with Crippen LogP contribution in [0.1, 0.15) is 17.3 Å². The maximum absolute atomic E-state index is 12.7. The number of benzene rings is 2. The second-order valence-corrected chi connectivity index (χ2v) is 8.25. The Balaban J connectivity index is 1.42. The summed E-state index contributed by atoms with van der Waals surface area (Å²) < 4.78 is 6.64. The Morgan fingerprint density at radius 1 is 1.00 bits per heavy atom. The molecule has 0 radical (unpaired) electrons. The Labute approximate surface area is 190 Å². The molecular weight excluding hydrogens is 491 g/mol. The number of hydrogen-bond acceptors (Lipinski definition) is 5. The van der Waals surface area contributed by atoms with Gasteiger partial charge in [0.15, 0.2) is 0 Å². The van der Waals surface area contributed by atoms with E-state index in [0.29, 0.717) is 19.7 Å². The maximum atomic E-state index is 12.7. The van der Waals surface area contributed by atoms with Gasteiger partial charge in [0, 0.05) is 46.9 Å². The minimum Gasteiger partial charge on any atom is -0.494 e. The van der Waals surface area contributed by atoms with Gasteiger partial charge in [-0.2, -0.15) is 0 Å². The molecular formula is C23H23IN4O2. The smallest absolute Gasteiger partial charge is 0.253 e. The molecule has 2 aromatic carbocycles. The third-order valence-corrected chi connectivity index (χ3v) is 5.81. The quantitative estimate of drug-likeness (QED) is 0.480. The molecule has 2 heterocycles. The van der Waals surface area contributed by atoms with Crippen LogP contribution in [0.25, 0.3) is 11.3 Å². The zero-order valence-corrected chi connectivity index (χ0v) is 18.9. The van der Waals surface area contributed by atoms with E-state index in [1.54, 1.807) is 6.33 Å². The molecule has 154 valence electrons. The van der Waals surface area contributed by atoms with Gasteiger partial charge in [-0.3, -0.25) is 4.79 Å². The first kappa shape index (κ1) is 20.6. The fourth-order valence-corrected chi connectivity index (χ4v) is 3.84. The van der Waals surface area contributed by atoms with Crippen molar-refractivity contribution < 1.29 is 9.53 Å². The summed E-state index contributed by atoms with van der Waals surface area (Å²) in [7, 11) is 0. The highest BCUT2D eigenvalue weighted by atomic mass is 127. The summed E-state index contributed by atoms with van der Waals surface area (Å²) in [5.74, 6) is 1.82. The fourth-order valence-electron chi connectivity index (χ4n) is 3.48. The number of anilines is 1. The average Bonchev–Trinajstić information content (AvgIpc) is 2.80. The molecule has 0 saturated carbocycles. The third kappa shape index (κ3) is 4.72. The molecule has 0 N–H and O–H groups in total. The molecule has 7 heteroatoms. The predicted octanol–water partition coefficient (Wildman–Crippen LogP) is 4.11. The first-order chi connectivity index (χ1) is 14.6. The molecule has 30 heavy (non-hydrogen) atoms. The molecule has 1 fully saturated rings. The number of halogens is 1. The molecule has 0 spiro atoms. The number of carbonyl (C=O) groups excluding carboxylic acids is 1. The lowest BCUT2D eigenvalue weighted by Gasteiger charge is -2.35. The van der Waals surface area contributed by atoms with E-state index in [-0.39, 0.29) is 5.91 Å². The third-order valence-electron chi connectivity index (χ3n) is 5.10. The van der Waals surface area contributed by atoms with Gasteiger partial charge in [0.25, 0.3) is 5.91 Å². The van der Waals surface area contributed by atoms with Gasteiger partial charge in [-0.1, -0.05) is 0 Å². The molecule has 1 aliphatic heterocycles. The molecule has 1 aliphatic rings. The van der Waals surface area contributed by atoms with Crippen molar-refractivity contribution >= 4 is 34.3 Å². The summed E-state index contributed by atoms with van der Waals surface area (Å²) in [6.45, 7) is 5.46. The van der Waals surface area contributed by atoms with Gasteiger partial charge in [-0.25, -0.2) is 9.97 Å². The van der Waals surface area contributed by atoms with Gasteiger partial charge in [0.2, 0.25) is 0 Å². The van der Waals surface area contributed by atoms with E-state index in [4.69, 9.17) is 4.74 Å².